The molecule has 8 nitrogen and oxygen atoms in total. The largest absolute Gasteiger partial charge is 0.369 e. The van der Waals surface area contributed by atoms with E-state index >= 15 is 0 Å². The summed E-state index contributed by atoms with van der Waals surface area (Å²) in [7, 11) is 0.859. The van der Waals surface area contributed by atoms with Crippen LogP contribution in [0, 0.1) is 6.92 Å². The number of likely N-dealkylation sites (N-methyl/N-ethyl adjacent to an activating group) is 1. The third-order valence-electron chi connectivity index (χ3n) is 5.67. The van der Waals surface area contributed by atoms with E-state index in [2.05, 4.69) is 66.4 Å². The highest BCUT2D eigenvalue weighted by Gasteiger charge is 2.16. The normalized spacial score (nSPS) is 15.6. The molecule has 0 radical (unpaired) electrons. The summed E-state index contributed by atoms with van der Waals surface area (Å²) in [5, 5.41) is 6.65. The average molecular weight is 494 g/mol. The quantitative estimate of drug-likeness (QED) is 0.449. The Morgan fingerprint density at radius 2 is 1.66 bits per heavy atom. The molecular weight excluding hydrogens is 458 g/mol. The Kier molecular flexibility index (Phi) is 7.69. The highest BCUT2D eigenvalue weighted by atomic mass is 32.2. The SMILES string of the molecule is Cc1cnc(Nc2ccc(N3CCN(C)CC3)cc2)nc1Nc1cccc(S(=O)NC(C)(C)C)c1. The second-order valence-corrected chi connectivity index (χ2v) is 11.2. The molecule has 3 N–H and O–H groups in total. The van der Waals surface area contributed by atoms with Gasteiger partial charge in [-0.25, -0.2) is 13.9 Å². The number of aromatic nitrogens is 2. The van der Waals surface area contributed by atoms with Crippen LogP contribution in [0.3, 0.4) is 0 Å². The van der Waals surface area contributed by atoms with Crippen molar-refractivity contribution in [3.05, 3.63) is 60.3 Å². The van der Waals surface area contributed by atoms with Gasteiger partial charge in [0.05, 0.1) is 4.90 Å². The topological polar surface area (TPSA) is 85.4 Å². The molecule has 1 saturated heterocycles. The molecule has 1 aromatic heterocycles. The molecule has 186 valence electrons. The van der Waals surface area contributed by atoms with Crippen LogP contribution in [-0.2, 0) is 11.0 Å². The van der Waals surface area contributed by atoms with E-state index in [4.69, 9.17) is 0 Å². The molecular formula is C26H35N7OS. The molecule has 1 atom stereocenters. The molecule has 1 unspecified atom stereocenters. The van der Waals surface area contributed by atoms with E-state index in [0.29, 0.717) is 16.7 Å². The van der Waals surface area contributed by atoms with Crippen molar-refractivity contribution in [1.82, 2.24) is 19.6 Å². The minimum atomic E-state index is -1.30. The van der Waals surface area contributed by atoms with Crippen LogP contribution < -0.4 is 20.3 Å². The number of rotatable bonds is 7. The summed E-state index contributed by atoms with van der Waals surface area (Å²) in [5.41, 5.74) is 3.65. The van der Waals surface area contributed by atoms with Gasteiger partial charge in [0, 0.05) is 60.5 Å². The van der Waals surface area contributed by atoms with Crippen molar-refractivity contribution in [2.24, 2.45) is 0 Å². The molecule has 0 bridgehead atoms. The molecule has 2 heterocycles. The zero-order valence-corrected chi connectivity index (χ0v) is 21.9. The van der Waals surface area contributed by atoms with E-state index in [0.717, 1.165) is 43.1 Å². The molecule has 1 aliphatic rings. The monoisotopic (exact) mass is 493 g/mol. The summed E-state index contributed by atoms with van der Waals surface area (Å²) in [6.45, 7) is 12.2. The lowest BCUT2D eigenvalue weighted by atomic mass is 10.1. The van der Waals surface area contributed by atoms with E-state index in [1.807, 2.05) is 52.0 Å². The second kappa shape index (κ2) is 10.7. The van der Waals surface area contributed by atoms with Crippen LogP contribution in [0.1, 0.15) is 26.3 Å². The maximum absolute atomic E-state index is 12.7. The average Bonchev–Trinajstić information content (AvgIpc) is 2.81. The van der Waals surface area contributed by atoms with Crippen LogP contribution >= 0.6 is 0 Å². The van der Waals surface area contributed by atoms with E-state index in [1.54, 1.807) is 6.20 Å². The third kappa shape index (κ3) is 7.00. The van der Waals surface area contributed by atoms with Gasteiger partial charge < -0.3 is 20.4 Å². The summed E-state index contributed by atoms with van der Waals surface area (Å²) < 4.78 is 15.8. The number of aryl methyl sites for hydroxylation is 1. The van der Waals surface area contributed by atoms with Gasteiger partial charge >= 0.3 is 0 Å². The van der Waals surface area contributed by atoms with Crippen LogP contribution in [0.5, 0.6) is 0 Å². The fourth-order valence-electron chi connectivity index (χ4n) is 3.74. The summed E-state index contributed by atoms with van der Waals surface area (Å²) >= 11 is 0. The number of hydrogen-bond donors (Lipinski definition) is 3. The van der Waals surface area contributed by atoms with Crippen molar-refractivity contribution in [3.8, 4) is 0 Å². The molecule has 0 aliphatic carbocycles. The van der Waals surface area contributed by atoms with Crippen molar-refractivity contribution >= 4 is 39.8 Å². The second-order valence-electron chi connectivity index (χ2n) is 9.96. The lowest BCUT2D eigenvalue weighted by Gasteiger charge is -2.34. The molecule has 0 saturated carbocycles. The van der Waals surface area contributed by atoms with Crippen molar-refractivity contribution in [2.45, 2.75) is 38.1 Å². The first-order chi connectivity index (χ1) is 16.7. The highest BCUT2D eigenvalue weighted by molar-refractivity contribution is 7.83. The number of piperazine rings is 1. The Morgan fingerprint density at radius 3 is 2.34 bits per heavy atom. The van der Waals surface area contributed by atoms with Crippen molar-refractivity contribution in [2.75, 3.05) is 48.8 Å². The molecule has 2 aromatic carbocycles. The van der Waals surface area contributed by atoms with E-state index in [1.165, 1.54) is 5.69 Å². The summed E-state index contributed by atoms with van der Waals surface area (Å²) in [6.07, 6.45) is 1.79. The van der Waals surface area contributed by atoms with E-state index in [-0.39, 0.29) is 5.54 Å². The smallest absolute Gasteiger partial charge is 0.229 e. The van der Waals surface area contributed by atoms with Gasteiger partial charge in [0.2, 0.25) is 5.95 Å². The Hall–Kier alpha value is -3.01. The molecule has 1 fully saturated rings. The first-order valence-electron chi connectivity index (χ1n) is 11.9. The number of anilines is 5. The molecule has 9 heteroatoms. The van der Waals surface area contributed by atoms with Gasteiger partial charge in [0.25, 0.3) is 0 Å². The van der Waals surface area contributed by atoms with Crippen LogP contribution in [0.25, 0.3) is 0 Å². The first-order valence-corrected chi connectivity index (χ1v) is 13.0. The Bertz CT molecular complexity index is 1170. The Morgan fingerprint density at radius 1 is 0.943 bits per heavy atom. The Labute approximate surface area is 210 Å². The van der Waals surface area contributed by atoms with E-state index in [9.17, 15) is 4.21 Å². The number of nitrogens with zero attached hydrogens (tertiary/aromatic N) is 4. The van der Waals surface area contributed by atoms with Crippen LogP contribution in [0.4, 0.5) is 28.8 Å². The fraction of sp³-hybridized carbons (Fsp3) is 0.385. The summed E-state index contributed by atoms with van der Waals surface area (Å²) in [5.74, 6) is 1.21. The van der Waals surface area contributed by atoms with Crippen molar-refractivity contribution in [1.29, 1.82) is 0 Å². The molecule has 1 aliphatic heterocycles. The number of benzene rings is 2. The summed E-state index contributed by atoms with van der Waals surface area (Å²) in [6, 6.07) is 15.9. The minimum absolute atomic E-state index is 0.249. The van der Waals surface area contributed by atoms with Gasteiger partial charge in [-0.2, -0.15) is 4.98 Å². The van der Waals surface area contributed by atoms with Gasteiger partial charge in [-0.15, -0.1) is 0 Å². The maximum Gasteiger partial charge on any atom is 0.229 e. The third-order valence-corrected chi connectivity index (χ3v) is 7.15. The van der Waals surface area contributed by atoms with Gasteiger partial charge in [-0.1, -0.05) is 6.07 Å². The van der Waals surface area contributed by atoms with E-state index < -0.39 is 11.0 Å². The Balaban J connectivity index is 1.44. The van der Waals surface area contributed by atoms with Gasteiger partial charge in [-0.05, 0) is 77.2 Å². The molecule has 0 spiro atoms. The zero-order chi connectivity index (χ0) is 25.0. The molecule has 35 heavy (non-hydrogen) atoms. The maximum atomic E-state index is 12.7. The van der Waals surface area contributed by atoms with Gasteiger partial charge in [0.15, 0.2) is 0 Å². The van der Waals surface area contributed by atoms with Gasteiger partial charge in [0.1, 0.15) is 16.8 Å². The minimum Gasteiger partial charge on any atom is -0.369 e. The zero-order valence-electron chi connectivity index (χ0n) is 21.1. The van der Waals surface area contributed by atoms with Crippen LogP contribution in [-0.4, -0.2) is 57.8 Å². The predicted octanol–water partition coefficient (Wildman–Crippen LogP) is 4.43. The van der Waals surface area contributed by atoms with Crippen LogP contribution in [0.2, 0.25) is 0 Å². The lowest BCUT2D eigenvalue weighted by Crippen LogP contribution is -2.44. The molecule has 0 amide bonds. The first kappa shape index (κ1) is 25.1. The van der Waals surface area contributed by atoms with Gasteiger partial charge in [-0.3, -0.25) is 0 Å². The highest BCUT2D eigenvalue weighted by Crippen LogP contribution is 2.24. The van der Waals surface area contributed by atoms with Crippen molar-refractivity contribution in [3.63, 3.8) is 0 Å². The molecule has 4 rings (SSSR count). The fourth-order valence-corrected chi connectivity index (χ4v) is 4.85. The number of hydrogen-bond acceptors (Lipinski definition) is 7. The summed E-state index contributed by atoms with van der Waals surface area (Å²) in [4.78, 5) is 14.6. The van der Waals surface area contributed by atoms with Crippen LogP contribution in [0.15, 0.2) is 59.6 Å². The standard InChI is InChI=1S/C26H35N7OS/c1-19-18-27-25(29-20-9-11-22(12-10-20)33-15-13-32(5)14-16-33)30-24(19)28-21-7-6-8-23(17-21)35(34)31-26(2,3)4/h6-12,17-18,31H,13-16H2,1-5H3,(H2,27,28,29,30). The lowest BCUT2D eigenvalue weighted by molar-refractivity contribution is 0.313. The molecule has 3 aromatic rings. The number of nitrogens with one attached hydrogen (secondary N) is 3. The predicted molar refractivity (Wildman–Crippen MR) is 145 cm³/mol. The van der Waals surface area contributed by atoms with Crippen molar-refractivity contribution < 1.29 is 4.21 Å².